The molecule has 88 valence electrons. The van der Waals surface area contributed by atoms with Gasteiger partial charge in [0.15, 0.2) is 0 Å². The van der Waals surface area contributed by atoms with Gasteiger partial charge in [0.05, 0.1) is 7.11 Å². The number of carbonyl (C=O) groups is 1. The third kappa shape index (κ3) is 3.29. The van der Waals surface area contributed by atoms with Crippen LogP contribution in [-0.2, 0) is 11.3 Å². The molecule has 0 saturated heterocycles. The van der Waals surface area contributed by atoms with Gasteiger partial charge in [0.1, 0.15) is 11.6 Å². The smallest absolute Gasteiger partial charge is 0.237 e. The van der Waals surface area contributed by atoms with Crippen molar-refractivity contribution >= 4 is 29.1 Å². The van der Waals surface area contributed by atoms with Gasteiger partial charge in [0, 0.05) is 18.6 Å². The minimum absolute atomic E-state index is 0.0235. The molecule has 0 bridgehead atoms. The van der Waals surface area contributed by atoms with Gasteiger partial charge in [-0.3, -0.25) is 4.79 Å². The lowest BCUT2D eigenvalue weighted by Gasteiger charge is -2.16. The van der Waals surface area contributed by atoms with Crippen molar-refractivity contribution < 1.29 is 9.53 Å². The van der Waals surface area contributed by atoms with Crippen LogP contribution in [0.5, 0.6) is 5.75 Å². The van der Waals surface area contributed by atoms with E-state index < -0.39 is 0 Å². The molecule has 16 heavy (non-hydrogen) atoms. The van der Waals surface area contributed by atoms with E-state index in [1.165, 1.54) is 4.90 Å². The fraction of sp³-hybridized carbons (Fsp3) is 0.364. The molecule has 1 aromatic carbocycles. The van der Waals surface area contributed by atoms with Crippen molar-refractivity contribution in [3.63, 3.8) is 0 Å². The predicted molar refractivity (Wildman–Crippen MR) is 65.2 cm³/mol. The van der Waals surface area contributed by atoms with Gasteiger partial charge in [-0.05, 0) is 17.7 Å². The normalized spacial score (nSPS) is 10.0. The highest BCUT2D eigenvalue weighted by Gasteiger charge is 2.10. The summed E-state index contributed by atoms with van der Waals surface area (Å²) in [4.78, 5) is 12.8. The number of rotatable bonds is 4. The maximum Gasteiger partial charge on any atom is 0.237 e. The van der Waals surface area contributed by atoms with Crippen LogP contribution in [0, 0.1) is 0 Å². The molecular weight excluding hydrogens is 249 g/mol. The van der Waals surface area contributed by atoms with Gasteiger partial charge >= 0.3 is 0 Å². The summed E-state index contributed by atoms with van der Waals surface area (Å²) in [5.74, 6) is 0.540. The lowest BCUT2D eigenvalue weighted by atomic mass is 10.2. The molecule has 0 radical (unpaired) electrons. The van der Waals surface area contributed by atoms with Crippen LogP contribution in [0.15, 0.2) is 18.2 Å². The van der Waals surface area contributed by atoms with Crippen molar-refractivity contribution in [1.29, 1.82) is 0 Å². The largest absolute Gasteiger partial charge is 0.497 e. The van der Waals surface area contributed by atoms with Gasteiger partial charge < -0.3 is 9.64 Å². The molecule has 1 rings (SSSR count). The second kappa shape index (κ2) is 5.97. The molecule has 0 aromatic heterocycles. The van der Waals surface area contributed by atoms with E-state index >= 15 is 0 Å². The van der Waals surface area contributed by atoms with Gasteiger partial charge in [-0.25, -0.2) is 0 Å². The summed E-state index contributed by atoms with van der Waals surface area (Å²) in [6, 6.07) is 5.36. The molecule has 0 spiro atoms. The first kappa shape index (κ1) is 13.1. The number of hydrogen-bond donors (Lipinski definition) is 0. The van der Waals surface area contributed by atoms with Crippen molar-refractivity contribution in [2.24, 2.45) is 0 Å². The second-order valence-corrected chi connectivity index (χ2v) is 4.02. The number of amides is 1. The number of methoxy groups -OCH3 is 1. The first-order valence-corrected chi connectivity index (χ1v) is 5.62. The Labute approximate surface area is 105 Å². The monoisotopic (exact) mass is 261 g/mol. The topological polar surface area (TPSA) is 29.5 Å². The van der Waals surface area contributed by atoms with Gasteiger partial charge in [0.2, 0.25) is 5.91 Å². The number of ether oxygens (including phenoxy) is 1. The Morgan fingerprint density at radius 2 is 2.19 bits per heavy atom. The van der Waals surface area contributed by atoms with E-state index in [1.807, 2.05) is 6.07 Å². The van der Waals surface area contributed by atoms with Crippen LogP contribution in [0.25, 0.3) is 0 Å². The molecular formula is C11H13Cl2NO2. The van der Waals surface area contributed by atoms with Gasteiger partial charge in [-0.15, -0.1) is 11.6 Å². The summed E-state index contributed by atoms with van der Waals surface area (Å²) in [7, 11) is 3.26. The van der Waals surface area contributed by atoms with Crippen LogP contribution in [-0.4, -0.2) is 30.8 Å². The average Bonchev–Trinajstić information content (AvgIpc) is 2.30. The zero-order valence-corrected chi connectivity index (χ0v) is 10.7. The van der Waals surface area contributed by atoms with E-state index in [2.05, 4.69) is 0 Å². The van der Waals surface area contributed by atoms with Crippen molar-refractivity contribution in [3.8, 4) is 5.75 Å². The lowest BCUT2D eigenvalue weighted by Crippen LogP contribution is -2.27. The molecule has 0 atom stereocenters. The van der Waals surface area contributed by atoms with Crippen LogP contribution in [0.4, 0.5) is 0 Å². The Bertz CT molecular complexity index is 382. The van der Waals surface area contributed by atoms with E-state index in [1.54, 1.807) is 26.3 Å². The average molecular weight is 262 g/mol. The summed E-state index contributed by atoms with van der Waals surface area (Å²) in [6.45, 7) is 0.439. The van der Waals surface area contributed by atoms with E-state index in [0.717, 1.165) is 5.56 Å². The molecule has 0 unspecified atom stereocenters. The highest BCUT2D eigenvalue weighted by molar-refractivity contribution is 6.31. The van der Waals surface area contributed by atoms with Crippen LogP contribution in [0.2, 0.25) is 5.02 Å². The van der Waals surface area contributed by atoms with E-state index in [-0.39, 0.29) is 11.8 Å². The molecule has 0 saturated carbocycles. The quantitative estimate of drug-likeness (QED) is 0.780. The van der Waals surface area contributed by atoms with Gasteiger partial charge in [-0.2, -0.15) is 0 Å². The summed E-state index contributed by atoms with van der Waals surface area (Å²) in [5, 5.41) is 0.577. The van der Waals surface area contributed by atoms with Crippen LogP contribution < -0.4 is 4.74 Å². The van der Waals surface area contributed by atoms with Gasteiger partial charge in [0.25, 0.3) is 0 Å². The third-order valence-electron chi connectivity index (χ3n) is 2.21. The molecule has 0 fully saturated rings. The molecule has 1 aromatic rings. The zero-order valence-electron chi connectivity index (χ0n) is 9.17. The highest BCUT2D eigenvalue weighted by Crippen LogP contribution is 2.23. The number of nitrogens with zero attached hydrogens (tertiary/aromatic N) is 1. The number of hydrogen-bond acceptors (Lipinski definition) is 2. The number of benzene rings is 1. The molecule has 0 aliphatic rings. The van der Waals surface area contributed by atoms with E-state index in [4.69, 9.17) is 27.9 Å². The third-order valence-corrected chi connectivity index (χ3v) is 2.79. The number of carbonyl (C=O) groups excluding carboxylic acids is 1. The van der Waals surface area contributed by atoms with Crippen LogP contribution in [0.3, 0.4) is 0 Å². The van der Waals surface area contributed by atoms with Crippen LogP contribution >= 0.6 is 23.2 Å². The Morgan fingerprint density at radius 1 is 1.50 bits per heavy atom. The molecule has 1 amide bonds. The summed E-state index contributed by atoms with van der Waals surface area (Å²) in [5.41, 5.74) is 0.864. The minimum atomic E-state index is -0.131. The Hall–Kier alpha value is -0.930. The summed E-state index contributed by atoms with van der Waals surface area (Å²) < 4.78 is 5.04. The van der Waals surface area contributed by atoms with Gasteiger partial charge in [-0.1, -0.05) is 17.7 Å². The van der Waals surface area contributed by atoms with Crippen molar-refractivity contribution in [2.75, 3.05) is 20.0 Å². The van der Waals surface area contributed by atoms with Crippen molar-refractivity contribution in [3.05, 3.63) is 28.8 Å². The Kier molecular flexibility index (Phi) is 4.90. The molecule has 3 nitrogen and oxygen atoms in total. The molecule has 0 aliphatic heterocycles. The fourth-order valence-corrected chi connectivity index (χ4v) is 1.66. The number of halogens is 2. The SMILES string of the molecule is COc1ccc(CN(C)C(=O)CCl)c(Cl)c1. The first-order valence-electron chi connectivity index (χ1n) is 4.70. The van der Waals surface area contributed by atoms with Crippen molar-refractivity contribution in [1.82, 2.24) is 4.90 Å². The standard InChI is InChI=1S/C11H13Cl2NO2/c1-14(11(15)6-12)7-8-3-4-9(16-2)5-10(8)13/h3-5H,6-7H2,1-2H3. The molecule has 0 heterocycles. The molecule has 0 aliphatic carbocycles. The molecule has 5 heteroatoms. The maximum absolute atomic E-state index is 11.3. The summed E-state index contributed by atoms with van der Waals surface area (Å²) >= 11 is 11.5. The minimum Gasteiger partial charge on any atom is -0.497 e. The number of alkyl halides is 1. The van der Waals surface area contributed by atoms with Crippen molar-refractivity contribution in [2.45, 2.75) is 6.54 Å². The Balaban J connectivity index is 2.78. The summed E-state index contributed by atoms with van der Waals surface area (Å²) in [6.07, 6.45) is 0. The highest BCUT2D eigenvalue weighted by atomic mass is 35.5. The fourth-order valence-electron chi connectivity index (χ4n) is 1.23. The molecule has 0 N–H and O–H groups in total. The Morgan fingerprint density at radius 3 is 2.69 bits per heavy atom. The maximum atomic E-state index is 11.3. The zero-order chi connectivity index (χ0) is 12.1. The van der Waals surface area contributed by atoms with E-state index in [0.29, 0.717) is 17.3 Å². The second-order valence-electron chi connectivity index (χ2n) is 3.34. The van der Waals surface area contributed by atoms with Crippen LogP contribution in [0.1, 0.15) is 5.56 Å². The van der Waals surface area contributed by atoms with E-state index in [9.17, 15) is 4.79 Å². The first-order chi connectivity index (χ1) is 7.58. The lowest BCUT2D eigenvalue weighted by molar-refractivity contribution is -0.127. The predicted octanol–water partition coefficient (Wildman–Crippen LogP) is 2.55.